The molecule has 78 heavy (non-hydrogen) atoms. The van der Waals surface area contributed by atoms with Crippen LogP contribution in [-0.2, 0) is 44.4 Å². The van der Waals surface area contributed by atoms with Gasteiger partial charge < -0.3 is 14.7 Å². The predicted octanol–water partition coefficient (Wildman–Crippen LogP) is 17.9. The molecule has 13 rings (SSSR count). The van der Waals surface area contributed by atoms with Crippen molar-refractivity contribution in [1.82, 2.24) is 0 Å². The molecule has 3 nitrogen and oxygen atoms in total. The molecule has 0 aromatic heterocycles. The van der Waals surface area contributed by atoms with Gasteiger partial charge in [0.05, 0.1) is 11.2 Å². The van der Waals surface area contributed by atoms with Crippen molar-refractivity contribution in [1.29, 1.82) is 0 Å². The van der Waals surface area contributed by atoms with Crippen LogP contribution in [0.2, 0.25) is 0 Å². The van der Waals surface area contributed by atoms with Crippen LogP contribution in [0.15, 0.2) is 164 Å². The summed E-state index contributed by atoms with van der Waals surface area (Å²) < 4.78 is 0. The lowest BCUT2D eigenvalue weighted by Crippen LogP contribution is -2.62. The molecule has 0 saturated heterocycles. The second kappa shape index (κ2) is 16.9. The van der Waals surface area contributed by atoms with Crippen LogP contribution in [0.25, 0.3) is 11.1 Å². The van der Waals surface area contributed by atoms with Gasteiger partial charge in [0.1, 0.15) is 0 Å². The fourth-order valence-corrected chi connectivity index (χ4v) is 15.0. The Morgan fingerprint density at radius 1 is 0.397 bits per heavy atom. The van der Waals surface area contributed by atoms with E-state index in [4.69, 9.17) is 0 Å². The summed E-state index contributed by atoms with van der Waals surface area (Å²) in [6.07, 6.45) is 4.47. The Kier molecular flexibility index (Phi) is 11.0. The highest BCUT2D eigenvalue weighted by atomic mass is 15.3. The van der Waals surface area contributed by atoms with Crippen LogP contribution in [-0.4, -0.2) is 6.71 Å². The smallest absolute Gasteiger partial charge is 0.252 e. The van der Waals surface area contributed by atoms with Gasteiger partial charge in [-0.3, -0.25) is 0 Å². The minimum absolute atomic E-state index is 0.00631. The molecule has 8 aromatic carbocycles. The first-order valence-corrected chi connectivity index (χ1v) is 29.2. The number of nitrogens with zero attached hydrogens (tertiary/aromatic N) is 3. The molecular weight excluding hydrogens is 942 g/mol. The number of aryl methyl sites for hydroxylation is 1. The van der Waals surface area contributed by atoms with Crippen molar-refractivity contribution >= 4 is 68.6 Å². The minimum atomic E-state index is -0.327. The first-order chi connectivity index (χ1) is 36.8. The molecule has 2 aliphatic carbocycles. The van der Waals surface area contributed by atoms with Crippen molar-refractivity contribution in [3.63, 3.8) is 0 Å². The second-order valence-electron chi connectivity index (χ2n) is 28.8. The molecule has 5 aliphatic rings. The number of rotatable bonds is 4. The van der Waals surface area contributed by atoms with Gasteiger partial charge in [0.15, 0.2) is 0 Å². The molecule has 0 fully saturated rings. The first-order valence-electron chi connectivity index (χ1n) is 29.2. The topological polar surface area (TPSA) is 9.72 Å². The maximum atomic E-state index is 2.75. The van der Waals surface area contributed by atoms with Gasteiger partial charge in [-0.15, -0.1) is 0 Å². The number of para-hydroxylation sites is 1. The molecule has 3 aliphatic heterocycles. The molecule has 0 amide bonds. The number of benzene rings is 8. The number of anilines is 8. The van der Waals surface area contributed by atoms with Crippen LogP contribution < -0.4 is 31.1 Å². The van der Waals surface area contributed by atoms with E-state index < -0.39 is 0 Å². The van der Waals surface area contributed by atoms with Gasteiger partial charge in [-0.2, -0.15) is 0 Å². The molecule has 0 radical (unpaired) electrons. The van der Waals surface area contributed by atoms with Gasteiger partial charge in [-0.25, -0.2) is 0 Å². The lowest BCUT2D eigenvalue weighted by atomic mass is 9.33. The van der Waals surface area contributed by atoms with Crippen LogP contribution in [0.3, 0.4) is 0 Å². The van der Waals surface area contributed by atoms with E-state index in [0.717, 1.165) is 25.7 Å². The molecule has 0 saturated carbocycles. The van der Waals surface area contributed by atoms with Crippen molar-refractivity contribution in [2.24, 2.45) is 0 Å². The second-order valence-corrected chi connectivity index (χ2v) is 28.8. The van der Waals surface area contributed by atoms with Crippen molar-refractivity contribution < 1.29 is 0 Å². The van der Waals surface area contributed by atoms with Crippen molar-refractivity contribution in [3.8, 4) is 11.1 Å². The largest absolute Gasteiger partial charge is 0.330 e. The highest BCUT2D eigenvalue weighted by Crippen LogP contribution is 2.64. The Morgan fingerprint density at radius 3 is 1.63 bits per heavy atom. The van der Waals surface area contributed by atoms with Gasteiger partial charge in [-0.05, 0) is 187 Å². The molecule has 0 N–H and O–H groups in total. The first kappa shape index (κ1) is 50.7. The summed E-state index contributed by atoms with van der Waals surface area (Å²) in [5.74, 6) is 0. The third-order valence-corrected chi connectivity index (χ3v) is 20.0. The fraction of sp³-hybridized carbons (Fsp3) is 0.351. The van der Waals surface area contributed by atoms with E-state index in [1.807, 2.05) is 0 Å². The van der Waals surface area contributed by atoms with Gasteiger partial charge in [-0.1, -0.05) is 200 Å². The zero-order valence-electron chi connectivity index (χ0n) is 49.3. The van der Waals surface area contributed by atoms with Crippen LogP contribution in [0.4, 0.5) is 45.5 Å². The van der Waals surface area contributed by atoms with E-state index in [1.165, 1.54) is 118 Å². The average molecular weight is 1020 g/mol. The third kappa shape index (κ3) is 7.36. The van der Waals surface area contributed by atoms with Crippen molar-refractivity contribution in [3.05, 3.63) is 208 Å². The van der Waals surface area contributed by atoms with E-state index in [-0.39, 0.29) is 44.7 Å². The van der Waals surface area contributed by atoms with Crippen LogP contribution in [0.5, 0.6) is 0 Å². The van der Waals surface area contributed by atoms with E-state index in [1.54, 1.807) is 0 Å². The molecule has 0 spiro atoms. The van der Waals surface area contributed by atoms with Gasteiger partial charge >= 0.3 is 0 Å². The zero-order valence-corrected chi connectivity index (χ0v) is 49.3. The summed E-state index contributed by atoms with van der Waals surface area (Å²) >= 11 is 0. The number of hydrogen-bond donors (Lipinski definition) is 0. The number of hydrogen-bond acceptors (Lipinski definition) is 3. The fourth-order valence-electron chi connectivity index (χ4n) is 15.0. The van der Waals surface area contributed by atoms with Crippen LogP contribution in [0.1, 0.15) is 168 Å². The SMILES string of the molecule is CC(C)(C)c1ccc(N2c3cc(N4c5ccccc5C5(C)CCc6ccccc6C45C)ccc3B3c4cc5c(cc4N(c4ccc(C(C)(C)C)cc4-c4ccccc4)c4cc(C(C)(C)C)cc2c43)C(C)(C)CCC5(C)C)cc1. The van der Waals surface area contributed by atoms with E-state index in [0.29, 0.717) is 0 Å². The third-order valence-electron chi connectivity index (χ3n) is 20.0. The summed E-state index contributed by atoms with van der Waals surface area (Å²) in [5.41, 5.74) is 27.3. The van der Waals surface area contributed by atoms with Crippen molar-refractivity contribution in [2.45, 2.75) is 168 Å². The van der Waals surface area contributed by atoms with E-state index in [9.17, 15) is 0 Å². The molecular formula is C74H80BN3. The van der Waals surface area contributed by atoms with Crippen molar-refractivity contribution in [2.75, 3.05) is 14.7 Å². The molecule has 2 atom stereocenters. The summed E-state index contributed by atoms with van der Waals surface area (Å²) in [7, 11) is 0. The molecule has 3 heterocycles. The maximum absolute atomic E-state index is 2.75. The van der Waals surface area contributed by atoms with Crippen LogP contribution in [0, 0.1) is 0 Å². The van der Waals surface area contributed by atoms with Gasteiger partial charge in [0.2, 0.25) is 0 Å². The molecule has 2 unspecified atom stereocenters. The summed E-state index contributed by atoms with van der Waals surface area (Å²) in [6.45, 7) is 36.2. The zero-order chi connectivity index (χ0) is 54.9. The molecule has 4 heteroatoms. The minimum Gasteiger partial charge on any atom is -0.330 e. The molecule has 8 aromatic rings. The van der Waals surface area contributed by atoms with E-state index in [2.05, 4.69) is 282 Å². The Bertz CT molecular complexity index is 3750. The Balaban J connectivity index is 1.15. The Labute approximate surface area is 467 Å². The average Bonchev–Trinajstić information content (AvgIpc) is 3.47. The summed E-state index contributed by atoms with van der Waals surface area (Å²) in [5, 5.41) is 0. The standard InChI is InChI=1S/C74H80BN3/c1-68(2,3)49-29-32-52(33-30-49)76-63-44-53(78-62-28-22-21-27-56(62)73(14)38-37-48-25-19-20-26-55(48)74(73,78)15)34-35-59(63)75-60-45-57-58(72(12,13)40-39-71(57,10)11)46-64(60)77(66-43-51(70(7,8)9)42-65(76)67(66)75)61-36-31-50(69(4,5)6)41-54(61)47-23-17-16-18-24-47/h16-36,41-46H,37-40H2,1-15H3. The van der Waals surface area contributed by atoms with Crippen LogP contribution >= 0.6 is 0 Å². The normalized spacial score (nSPS) is 20.5. The quantitative estimate of drug-likeness (QED) is 0.163. The molecule has 394 valence electrons. The monoisotopic (exact) mass is 1020 g/mol. The lowest BCUT2D eigenvalue weighted by Gasteiger charge is -2.51. The number of fused-ring (bicyclic) bond motifs is 10. The Morgan fingerprint density at radius 2 is 0.962 bits per heavy atom. The highest BCUT2D eigenvalue weighted by molar-refractivity contribution is 7.00. The van der Waals surface area contributed by atoms with Gasteiger partial charge in [0, 0.05) is 50.8 Å². The van der Waals surface area contributed by atoms with E-state index >= 15 is 0 Å². The Hall–Kier alpha value is -6.78. The predicted molar refractivity (Wildman–Crippen MR) is 335 cm³/mol. The highest BCUT2D eigenvalue weighted by Gasteiger charge is 2.60. The molecule has 0 bridgehead atoms. The maximum Gasteiger partial charge on any atom is 0.252 e. The van der Waals surface area contributed by atoms with Gasteiger partial charge in [0.25, 0.3) is 6.71 Å². The summed E-state index contributed by atoms with van der Waals surface area (Å²) in [4.78, 5) is 8.14. The summed E-state index contributed by atoms with van der Waals surface area (Å²) in [6, 6.07) is 64.9. The lowest BCUT2D eigenvalue weighted by molar-refractivity contribution is 0.245.